The summed E-state index contributed by atoms with van der Waals surface area (Å²) in [6.07, 6.45) is 1.99. The largest absolute Gasteiger partial charge is 0.341 e. The molecule has 1 aliphatic rings. The topological polar surface area (TPSA) is 32.3 Å². The molecule has 1 amide bonds. The van der Waals surface area contributed by atoms with Crippen molar-refractivity contribution in [3.05, 3.63) is 35.9 Å². The fraction of sp³-hybridized carbons (Fsp3) is 0.562. The molecule has 0 saturated carbocycles. The smallest absolute Gasteiger partial charge is 0.239 e. The Labute approximate surface area is 116 Å². The molecule has 19 heavy (non-hydrogen) atoms. The van der Waals surface area contributed by atoms with Crippen LogP contribution in [0.2, 0.25) is 0 Å². The van der Waals surface area contributed by atoms with Gasteiger partial charge in [0.05, 0.1) is 6.04 Å². The van der Waals surface area contributed by atoms with Crippen molar-refractivity contribution in [2.45, 2.75) is 38.6 Å². The van der Waals surface area contributed by atoms with Crippen molar-refractivity contribution in [1.82, 2.24) is 10.2 Å². The summed E-state index contributed by atoms with van der Waals surface area (Å²) in [5, 5.41) is 3.25. The van der Waals surface area contributed by atoms with Gasteiger partial charge in [0.15, 0.2) is 0 Å². The fourth-order valence-electron chi connectivity index (χ4n) is 2.69. The van der Waals surface area contributed by atoms with E-state index >= 15 is 0 Å². The lowest BCUT2D eigenvalue weighted by molar-refractivity contribution is -0.129. The molecule has 2 unspecified atom stereocenters. The second-order valence-electron chi connectivity index (χ2n) is 5.32. The Morgan fingerprint density at radius 2 is 2.11 bits per heavy atom. The predicted molar refractivity (Wildman–Crippen MR) is 78.1 cm³/mol. The number of benzene rings is 1. The van der Waals surface area contributed by atoms with E-state index in [-0.39, 0.29) is 11.9 Å². The fourth-order valence-corrected chi connectivity index (χ4v) is 2.69. The van der Waals surface area contributed by atoms with E-state index in [4.69, 9.17) is 0 Å². The van der Waals surface area contributed by atoms with E-state index < -0.39 is 0 Å². The Kier molecular flexibility index (Phi) is 4.97. The van der Waals surface area contributed by atoms with Gasteiger partial charge in [0.25, 0.3) is 0 Å². The maximum Gasteiger partial charge on any atom is 0.239 e. The number of carbonyl (C=O) groups excluding carboxylic acids is 1. The number of hydrogen-bond donors (Lipinski definition) is 1. The second kappa shape index (κ2) is 6.71. The number of nitrogens with one attached hydrogen (secondary N) is 1. The molecule has 1 fully saturated rings. The molecule has 0 radical (unpaired) electrons. The summed E-state index contributed by atoms with van der Waals surface area (Å²) in [6, 6.07) is 10.6. The van der Waals surface area contributed by atoms with Gasteiger partial charge in [-0.1, -0.05) is 44.2 Å². The summed E-state index contributed by atoms with van der Waals surface area (Å²) in [4.78, 5) is 14.1. The van der Waals surface area contributed by atoms with Crippen LogP contribution in [0.4, 0.5) is 0 Å². The second-order valence-corrected chi connectivity index (χ2v) is 5.32. The molecule has 2 rings (SSSR count). The third-order valence-corrected chi connectivity index (χ3v) is 3.95. The molecule has 0 aliphatic carbocycles. The third-order valence-electron chi connectivity index (χ3n) is 3.95. The van der Waals surface area contributed by atoms with Gasteiger partial charge in [0.1, 0.15) is 0 Å². The van der Waals surface area contributed by atoms with Crippen LogP contribution in [0.15, 0.2) is 30.3 Å². The monoisotopic (exact) mass is 260 g/mol. The maximum absolute atomic E-state index is 12.1. The highest BCUT2D eigenvalue weighted by Crippen LogP contribution is 2.20. The lowest BCUT2D eigenvalue weighted by atomic mass is 9.98. The summed E-state index contributed by atoms with van der Waals surface area (Å²) >= 11 is 0. The van der Waals surface area contributed by atoms with Gasteiger partial charge >= 0.3 is 0 Å². The zero-order valence-electron chi connectivity index (χ0n) is 11.9. The van der Waals surface area contributed by atoms with Crippen LogP contribution in [-0.4, -0.2) is 36.5 Å². The van der Waals surface area contributed by atoms with Crippen LogP contribution in [0.25, 0.3) is 0 Å². The Balaban J connectivity index is 1.82. The minimum atomic E-state index is 0.0528. The highest BCUT2D eigenvalue weighted by atomic mass is 16.2. The summed E-state index contributed by atoms with van der Waals surface area (Å²) in [6.45, 7) is 6.92. The molecule has 0 bridgehead atoms. The molecular weight excluding hydrogens is 236 g/mol. The van der Waals surface area contributed by atoms with Gasteiger partial charge in [0, 0.05) is 13.1 Å². The first-order chi connectivity index (χ1) is 9.22. The number of amides is 1. The van der Waals surface area contributed by atoms with Gasteiger partial charge in [0.2, 0.25) is 5.91 Å². The van der Waals surface area contributed by atoms with Gasteiger partial charge in [-0.15, -0.1) is 0 Å². The van der Waals surface area contributed by atoms with E-state index in [9.17, 15) is 4.79 Å². The minimum absolute atomic E-state index is 0.0528. The Morgan fingerprint density at radius 3 is 2.79 bits per heavy atom. The molecule has 2 atom stereocenters. The average Bonchev–Trinajstić information content (AvgIpc) is 2.79. The molecule has 3 nitrogen and oxygen atoms in total. The van der Waals surface area contributed by atoms with E-state index in [0.29, 0.717) is 5.92 Å². The molecule has 1 aromatic rings. The zero-order chi connectivity index (χ0) is 13.7. The van der Waals surface area contributed by atoms with Gasteiger partial charge < -0.3 is 10.2 Å². The zero-order valence-corrected chi connectivity index (χ0v) is 11.9. The Bertz CT molecular complexity index is 404. The van der Waals surface area contributed by atoms with Crippen molar-refractivity contribution in [2.75, 3.05) is 19.6 Å². The first-order valence-electron chi connectivity index (χ1n) is 7.29. The number of likely N-dealkylation sites (tertiary alicyclic amines) is 1. The number of carbonyl (C=O) groups is 1. The normalized spacial score (nSPS) is 20.8. The Morgan fingerprint density at radius 1 is 1.37 bits per heavy atom. The number of nitrogens with zero attached hydrogens (tertiary/aromatic N) is 1. The van der Waals surface area contributed by atoms with Crippen molar-refractivity contribution >= 4 is 5.91 Å². The van der Waals surface area contributed by atoms with E-state index in [2.05, 4.69) is 36.5 Å². The Hall–Kier alpha value is -1.35. The summed E-state index contributed by atoms with van der Waals surface area (Å²) < 4.78 is 0. The van der Waals surface area contributed by atoms with Gasteiger partial charge in [-0.05, 0) is 30.9 Å². The lowest BCUT2D eigenvalue weighted by Crippen LogP contribution is -2.38. The van der Waals surface area contributed by atoms with E-state index in [1.807, 2.05) is 17.9 Å². The van der Waals surface area contributed by atoms with Crippen LogP contribution in [0.5, 0.6) is 0 Å². The first-order valence-corrected chi connectivity index (χ1v) is 7.29. The number of rotatable bonds is 6. The average molecular weight is 260 g/mol. The minimum Gasteiger partial charge on any atom is -0.341 e. The van der Waals surface area contributed by atoms with Crippen molar-refractivity contribution in [2.24, 2.45) is 0 Å². The molecular formula is C16H24N2O. The van der Waals surface area contributed by atoms with Gasteiger partial charge in [-0.3, -0.25) is 4.79 Å². The number of hydrogen-bond acceptors (Lipinski definition) is 2. The molecule has 1 aliphatic heterocycles. The van der Waals surface area contributed by atoms with E-state index in [1.165, 1.54) is 5.56 Å². The summed E-state index contributed by atoms with van der Waals surface area (Å²) in [7, 11) is 0. The standard InChI is InChI=1S/C16H24N2O/c1-3-17-15-10-12-18(16(15)19)11-9-13(2)14-7-5-4-6-8-14/h4-8,13,15,17H,3,9-12H2,1-2H3. The highest BCUT2D eigenvalue weighted by molar-refractivity contribution is 5.83. The van der Waals surface area contributed by atoms with E-state index in [1.54, 1.807) is 0 Å². The molecule has 1 aromatic carbocycles. The predicted octanol–water partition coefficient (Wildman–Crippen LogP) is 2.39. The van der Waals surface area contributed by atoms with Crippen molar-refractivity contribution < 1.29 is 4.79 Å². The summed E-state index contributed by atoms with van der Waals surface area (Å²) in [5.74, 6) is 0.786. The van der Waals surface area contributed by atoms with Gasteiger partial charge in [-0.2, -0.15) is 0 Å². The maximum atomic E-state index is 12.1. The molecule has 1 heterocycles. The third kappa shape index (κ3) is 3.57. The van der Waals surface area contributed by atoms with Crippen LogP contribution in [-0.2, 0) is 4.79 Å². The van der Waals surface area contributed by atoms with E-state index in [0.717, 1.165) is 32.5 Å². The van der Waals surface area contributed by atoms with Crippen molar-refractivity contribution in [3.8, 4) is 0 Å². The lowest BCUT2D eigenvalue weighted by Gasteiger charge is -2.19. The molecule has 104 valence electrons. The van der Waals surface area contributed by atoms with Crippen molar-refractivity contribution in [1.29, 1.82) is 0 Å². The molecule has 1 N–H and O–H groups in total. The molecule has 0 aromatic heterocycles. The van der Waals surface area contributed by atoms with Gasteiger partial charge in [-0.25, -0.2) is 0 Å². The van der Waals surface area contributed by atoms with Crippen LogP contribution in [0.3, 0.4) is 0 Å². The van der Waals surface area contributed by atoms with Crippen molar-refractivity contribution in [3.63, 3.8) is 0 Å². The first kappa shape index (κ1) is 14.1. The SMILES string of the molecule is CCNC1CCN(CCC(C)c2ccccc2)C1=O. The number of likely N-dealkylation sites (N-methyl/N-ethyl adjacent to an activating group) is 1. The highest BCUT2D eigenvalue weighted by Gasteiger charge is 2.30. The summed E-state index contributed by atoms with van der Waals surface area (Å²) in [5.41, 5.74) is 1.36. The van der Waals surface area contributed by atoms with Crippen LogP contribution in [0.1, 0.15) is 38.2 Å². The quantitative estimate of drug-likeness (QED) is 0.852. The van der Waals surface area contributed by atoms with Crippen LogP contribution < -0.4 is 5.32 Å². The van der Waals surface area contributed by atoms with Crippen LogP contribution >= 0.6 is 0 Å². The molecule has 3 heteroatoms. The van der Waals surface area contributed by atoms with Crippen LogP contribution in [0, 0.1) is 0 Å². The molecule has 0 spiro atoms. The molecule has 1 saturated heterocycles.